The molecule has 0 aromatic heterocycles. The van der Waals surface area contributed by atoms with E-state index in [1.165, 1.54) is 31.4 Å². The van der Waals surface area contributed by atoms with Crippen molar-refractivity contribution in [2.45, 2.75) is 18.2 Å². The number of hydrogen-bond donors (Lipinski definition) is 2. The van der Waals surface area contributed by atoms with Crippen LogP contribution in [0.4, 0.5) is 5.69 Å². The van der Waals surface area contributed by atoms with E-state index >= 15 is 0 Å². The van der Waals surface area contributed by atoms with E-state index < -0.39 is 16.0 Å². The molecule has 8 heteroatoms. The van der Waals surface area contributed by atoms with Gasteiger partial charge in [0.2, 0.25) is 0 Å². The molecule has 0 amide bonds. The van der Waals surface area contributed by atoms with Gasteiger partial charge in [-0.25, -0.2) is 8.42 Å². The molecule has 0 saturated heterocycles. The first-order valence-electron chi connectivity index (χ1n) is 6.90. The molecule has 0 heterocycles. The van der Waals surface area contributed by atoms with Crippen molar-refractivity contribution in [1.82, 2.24) is 0 Å². The number of aliphatic carboxylic acids is 1. The lowest BCUT2D eigenvalue weighted by Crippen LogP contribution is -2.15. The Morgan fingerprint density at radius 2 is 1.96 bits per heavy atom. The lowest BCUT2D eigenvalue weighted by molar-refractivity contribution is -0.136. The van der Waals surface area contributed by atoms with Crippen LogP contribution in [-0.4, -0.2) is 26.6 Å². The fourth-order valence-electron chi connectivity index (χ4n) is 2.12. The van der Waals surface area contributed by atoms with Crippen LogP contribution in [-0.2, 0) is 21.2 Å². The number of nitrogens with one attached hydrogen (secondary N) is 1. The Labute approximate surface area is 145 Å². The first-order chi connectivity index (χ1) is 11.2. The highest BCUT2D eigenvalue weighted by atomic mass is 35.5. The Balaban J connectivity index is 2.47. The van der Waals surface area contributed by atoms with Gasteiger partial charge in [-0.15, -0.1) is 0 Å². The average molecular weight is 370 g/mol. The van der Waals surface area contributed by atoms with Crippen LogP contribution in [0.15, 0.2) is 41.3 Å². The maximum Gasteiger partial charge on any atom is 0.307 e. The van der Waals surface area contributed by atoms with E-state index in [0.29, 0.717) is 21.8 Å². The lowest BCUT2D eigenvalue weighted by Gasteiger charge is -2.14. The molecule has 0 radical (unpaired) electrons. The number of carbonyl (C=O) groups is 1. The zero-order valence-electron chi connectivity index (χ0n) is 13.0. The Bertz CT molecular complexity index is 880. The standard InChI is InChI=1S/C16H16ClNO5S/c1-10-3-5-12(17)9-13(10)18-24(21,22)15-7-11(8-16(19)20)4-6-14(15)23-2/h3-7,9,18H,8H2,1-2H3,(H,19,20). The molecule has 2 aromatic rings. The molecule has 0 spiro atoms. The number of methoxy groups -OCH3 is 1. The Hall–Kier alpha value is -2.25. The molecule has 0 fully saturated rings. The minimum Gasteiger partial charge on any atom is -0.495 e. The second-order valence-corrected chi connectivity index (χ2v) is 7.21. The number of ether oxygens (including phenoxy) is 1. The van der Waals surface area contributed by atoms with Crippen LogP contribution in [0.3, 0.4) is 0 Å². The number of carboxylic acid groups (broad SMARTS) is 1. The summed E-state index contributed by atoms with van der Waals surface area (Å²) in [7, 11) is -2.64. The van der Waals surface area contributed by atoms with Crippen LogP contribution < -0.4 is 9.46 Å². The molecule has 0 bridgehead atoms. The summed E-state index contributed by atoms with van der Waals surface area (Å²) >= 11 is 5.91. The molecule has 2 N–H and O–H groups in total. The predicted molar refractivity (Wildman–Crippen MR) is 91.3 cm³/mol. The van der Waals surface area contributed by atoms with E-state index in [-0.39, 0.29) is 17.1 Å². The second-order valence-electron chi connectivity index (χ2n) is 5.12. The lowest BCUT2D eigenvalue weighted by atomic mass is 10.1. The summed E-state index contributed by atoms with van der Waals surface area (Å²) in [6.45, 7) is 1.74. The fraction of sp³-hybridized carbons (Fsp3) is 0.188. The molecule has 6 nitrogen and oxygen atoms in total. The smallest absolute Gasteiger partial charge is 0.307 e. The normalized spacial score (nSPS) is 11.1. The number of benzene rings is 2. The van der Waals surface area contributed by atoms with Crippen molar-refractivity contribution in [2.24, 2.45) is 0 Å². The summed E-state index contributed by atoms with van der Waals surface area (Å²) in [5.41, 5.74) is 1.39. The van der Waals surface area contributed by atoms with Crippen molar-refractivity contribution in [2.75, 3.05) is 11.8 Å². The second kappa shape index (κ2) is 7.11. The zero-order chi connectivity index (χ0) is 17.9. The minimum absolute atomic E-state index is 0.122. The number of aryl methyl sites for hydroxylation is 1. The van der Waals surface area contributed by atoms with E-state index in [1.807, 2.05) is 0 Å². The third-order valence-electron chi connectivity index (χ3n) is 3.32. The maximum absolute atomic E-state index is 12.7. The van der Waals surface area contributed by atoms with Crippen molar-refractivity contribution in [3.8, 4) is 5.75 Å². The maximum atomic E-state index is 12.7. The van der Waals surface area contributed by atoms with Gasteiger partial charge in [-0.1, -0.05) is 23.7 Å². The van der Waals surface area contributed by atoms with Gasteiger partial charge in [0, 0.05) is 5.02 Å². The number of carboxylic acids is 1. The first-order valence-corrected chi connectivity index (χ1v) is 8.76. The van der Waals surface area contributed by atoms with Gasteiger partial charge in [0.15, 0.2) is 0 Å². The van der Waals surface area contributed by atoms with Crippen molar-refractivity contribution < 1.29 is 23.1 Å². The van der Waals surface area contributed by atoms with Crippen LogP contribution in [0.2, 0.25) is 5.02 Å². The summed E-state index contributed by atoms with van der Waals surface area (Å²) < 4.78 is 33.0. The topological polar surface area (TPSA) is 92.7 Å². The molecule has 0 atom stereocenters. The predicted octanol–water partition coefficient (Wildman–Crippen LogP) is 3.08. The highest BCUT2D eigenvalue weighted by Gasteiger charge is 2.21. The number of hydrogen-bond acceptors (Lipinski definition) is 4. The number of halogens is 1. The van der Waals surface area contributed by atoms with E-state index in [9.17, 15) is 13.2 Å². The van der Waals surface area contributed by atoms with Gasteiger partial charge in [-0.3, -0.25) is 9.52 Å². The van der Waals surface area contributed by atoms with E-state index in [2.05, 4.69) is 4.72 Å². The molecule has 2 rings (SSSR count). The molecule has 128 valence electrons. The molecular formula is C16H16ClNO5S. The highest BCUT2D eigenvalue weighted by Crippen LogP contribution is 2.29. The quantitative estimate of drug-likeness (QED) is 0.816. The van der Waals surface area contributed by atoms with Gasteiger partial charge < -0.3 is 9.84 Å². The SMILES string of the molecule is COc1ccc(CC(=O)O)cc1S(=O)(=O)Nc1cc(Cl)ccc1C. The largest absolute Gasteiger partial charge is 0.495 e. The van der Waals surface area contributed by atoms with Gasteiger partial charge >= 0.3 is 5.97 Å². The minimum atomic E-state index is -3.98. The molecule has 0 unspecified atom stereocenters. The van der Waals surface area contributed by atoms with Gasteiger partial charge in [-0.05, 0) is 42.3 Å². The van der Waals surface area contributed by atoms with Crippen LogP contribution in [0.1, 0.15) is 11.1 Å². The van der Waals surface area contributed by atoms with Gasteiger partial charge in [-0.2, -0.15) is 0 Å². The van der Waals surface area contributed by atoms with Crippen molar-refractivity contribution in [3.05, 3.63) is 52.5 Å². The molecule has 2 aromatic carbocycles. The van der Waals surface area contributed by atoms with E-state index in [1.54, 1.807) is 19.1 Å². The summed E-state index contributed by atoms with van der Waals surface area (Å²) in [6, 6.07) is 9.08. The van der Waals surface area contributed by atoms with Gasteiger partial charge in [0.25, 0.3) is 10.0 Å². The van der Waals surface area contributed by atoms with Crippen molar-refractivity contribution >= 4 is 33.3 Å². The molecule has 0 aliphatic rings. The number of anilines is 1. The van der Waals surface area contributed by atoms with Gasteiger partial charge in [0.1, 0.15) is 10.6 Å². The molecule has 0 aliphatic heterocycles. The fourth-order valence-corrected chi connectivity index (χ4v) is 3.63. The Morgan fingerprint density at radius 3 is 2.58 bits per heavy atom. The molecular weight excluding hydrogens is 354 g/mol. The summed E-state index contributed by atoms with van der Waals surface area (Å²) in [6.07, 6.45) is -0.289. The monoisotopic (exact) mass is 369 g/mol. The highest BCUT2D eigenvalue weighted by molar-refractivity contribution is 7.92. The first kappa shape index (κ1) is 18.1. The average Bonchev–Trinajstić information content (AvgIpc) is 2.50. The molecule has 0 aliphatic carbocycles. The third-order valence-corrected chi connectivity index (χ3v) is 4.94. The van der Waals surface area contributed by atoms with Crippen LogP contribution in [0.25, 0.3) is 0 Å². The van der Waals surface area contributed by atoms with Crippen LogP contribution in [0, 0.1) is 6.92 Å². The van der Waals surface area contributed by atoms with E-state index in [0.717, 1.165) is 0 Å². The van der Waals surface area contributed by atoms with Crippen molar-refractivity contribution in [1.29, 1.82) is 0 Å². The summed E-state index contributed by atoms with van der Waals surface area (Å²) in [4.78, 5) is 10.7. The van der Waals surface area contributed by atoms with Crippen LogP contribution >= 0.6 is 11.6 Å². The summed E-state index contributed by atoms with van der Waals surface area (Å²) in [5, 5.41) is 9.27. The molecule has 24 heavy (non-hydrogen) atoms. The zero-order valence-corrected chi connectivity index (χ0v) is 14.6. The summed E-state index contributed by atoms with van der Waals surface area (Å²) in [5.74, 6) is -0.932. The molecule has 0 saturated carbocycles. The number of sulfonamides is 1. The number of rotatable bonds is 6. The van der Waals surface area contributed by atoms with Crippen LogP contribution in [0.5, 0.6) is 5.75 Å². The third kappa shape index (κ3) is 4.18. The van der Waals surface area contributed by atoms with Gasteiger partial charge in [0.05, 0.1) is 19.2 Å². The van der Waals surface area contributed by atoms with E-state index in [4.69, 9.17) is 21.4 Å². The Kier molecular flexibility index (Phi) is 5.36. The Morgan fingerprint density at radius 1 is 1.25 bits per heavy atom. The van der Waals surface area contributed by atoms with Crippen molar-refractivity contribution in [3.63, 3.8) is 0 Å².